The fourth-order valence-electron chi connectivity index (χ4n) is 3.92. The molecule has 2 fully saturated rings. The lowest BCUT2D eigenvalue weighted by molar-refractivity contribution is -0.148. The first-order valence-electron chi connectivity index (χ1n) is 9.21. The standard InChI is InChI=1S/C19H24N2O4/c22-18(20-14-6-7-16-13(12-14)8-11-25-16)15-4-1-2-9-21(15)19(23)17-5-3-10-24-17/h6-7,12,15,17H,1-5,8-11H2,(H,20,22). The highest BCUT2D eigenvalue weighted by Crippen LogP contribution is 2.29. The summed E-state index contributed by atoms with van der Waals surface area (Å²) in [6, 6.07) is 5.32. The molecule has 0 aromatic heterocycles. The van der Waals surface area contributed by atoms with Gasteiger partial charge in [-0.3, -0.25) is 9.59 Å². The van der Waals surface area contributed by atoms with Crippen LogP contribution in [0.3, 0.4) is 0 Å². The smallest absolute Gasteiger partial charge is 0.252 e. The number of likely N-dealkylation sites (tertiary alicyclic amines) is 1. The van der Waals surface area contributed by atoms with Crippen molar-refractivity contribution in [2.45, 2.75) is 50.7 Å². The van der Waals surface area contributed by atoms with Gasteiger partial charge in [0.05, 0.1) is 6.61 Å². The first-order chi connectivity index (χ1) is 12.2. The van der Waals surface area contributed by atoms with Gasteiger partial charge in [0.1, 0.15) is 17.9 Å². The molecule has 6 heteroatoms. The van der Waals surface area contributed by atoms with Crippen LogP contribution in [-0.4, -0.2) is 48.6 Å². The molecular weight excluding hydrogens is 320 g/mol. The molecular formula is C19H24N2O4. The summed E-state index contributed by atoms with van der Waals surface area (Å²) in [6.45, 7) is 1.96. The average Bonchev–Trinajstić information content (AvgIpc) is 3.32. The van der Waals surface area contributed by atoms with Gasteiger partial charge in [-0.2, -0.15) is 0 Å². The molecule has 0 bridgehead atoms. The van der Waals surface area contributed by atoms with Crippen LogP contribution in [0.5, 0.6) is 5.75 Å². The number of hydrogen-bond acceptors (Lipinski definition) is 4. The normalized spacial score (nSPS) is 25.4. The molecule has 2 saturated heterocycles. The second-order valence-electron chi connectivity index (χ2n) is 6.96. The summed E-state index contributed by atoms with van der Waals surface area (Å²) in [5.74, 6) is 0.760. The van der Waals surface area contributed by atoms with Gasteiger partial charge < -0.3 is 19.7 Å². The van der Waals surface area contributed by atoms with E-state index >= 15 is 0 Å². The van der Waals surface area contributed by atoms with Crippen molar-refractivity contribution in [1.82, 2.24) is 4.90 Å². The molecule has 1 aromatic carbocycles. The van der Waals surface area contributed by atoms with Crippen LogP contribution in [0.2, 0.25) is 0 Å². The highest BCUT2D eigenvalue weighted by molar-refractivity contribution is 5.98. The van der Waals surface area contributed by atoms with Crippen LogP contribution in [0.1, 0.15) is 37.7 Å². The molecule has 0 spiro atoms. The number of piperidine rings is 1. The van der Waals surface area contributed by atoms with E-state index < -0.39 is 6.04 Å². The van der Waals surface area contributed by atoms with E-state index in [2.05, 4.69) is 5.32 Å². The van der Waals surface area contributed by atoms with Crippen LogP contribution < -0.4 is 10.1 Å². The monoisotopic (exact) mass is 344 g/mol. The highest BCUT2D eigenvalue weighted by Gasteiger charge is 2.37. The van der Waals surface area contributed by atoms with Gasteiger partial charge in [-0.1, -0.05) is 0 Å². The molecule has 2 atom stereocenters. The van der Waals surface area contributed by atoms with Crippen LogP contribution in [0.25, 0.3) is 0 Å². The minimum atomic E-state index is -0.407. The maximum Gasteiger partial charge on any atom is 0.252 e. The minimum absolute atomic E-state index is 0.0281. The quantitative estimate of drug-likeness (QED) is 0.912. The molecule has 1 N–H and O–H groups in total. The van der Waals surface area contributed by atoms with E-state index in [1.807, 2.05) is 18.2 Å². The number of hydrogen-bond donors (Lipinski definition) is 1. The van der Waals surface area contributed by atoms with Gasteiger partial charge in [-0.25, -0.2) is 0 Å². The summed E-state index contributed by atoms with van der Waals surface area (Å²) in [7, 11) is 0. The third-order valence-electron chi connectivity index (χ3n) is 5.25. The predicted octanol–water partition coefficient (Wildman–Crippen LogP) is 2.12. The van der Waals surface area contributed by atoms with E-state index in [0.717, 1.165) is 49.1 Å². The van der Waals surface area contributed by atoms with Gasteiger partial charge >= 0.3 is 0 Å². The van der Waals surface area contributed by atoms with E-state index in [1.165, 1.54) is 0 Å². The molecule has 25 heavy (non-hydrogen) atoms. The number of carbonyl (C=O) groups excluding carboxylic acids is 2. The molecule has 3 heterocycles. The summed E-state index contributed by atoms with van der Waals surface area (Å²) < 4.78 is 11.0. The summed E-state index contributed by atoms with van der Waals surface area (Å²) in [6.07, 6.45) is 4.78. The number of carbonyl (C=O) groups is 2. The van der Waals surface area contributed by atoms with Gasteiger partial charge in [0.2, 0.25) is 5.91 Å². The molecule has 6 nitrogen and oxygen atoms in total. The minimum Gasteiger partial charge on any atom is -0.493 e. The van der Waals surface area contributed by atoms with Gasteiger partial charge in [0.25, 0.3) is 5.91 Å². The van der Waals surface area contributed by atoms with Gasteiger partial charge in [0, 0.05) is 25.3 Å². The van der Waals surface area contributed by atoms with Crippen LogP contribution in [0, 0.1) is 0 Å². The maximum absolute atomic E-state index is 12.8. The molecule has 3 aliphatic heterocycles. The van der Waals surface area contributed by atoms with Gasteiger partial charge in [-0.05, 0) is 55.9 Å². The van der Waals surface area contributed by atoms with E-state index in [9.17, 15) is 9.59 Å². The second kappa shape index (κ2) is 7.04. The zero-order valence-electron chi connectivity index (χ0n) is 14.3. The number of nitrogens with one attached hydrogen (secondary N) is 1. The molecule has 0 saturated carbocycles. The van der Waals surface area contributed by atoms with Crippen LogP contribution in [0.4, 0.5) is 5.69 Å². The number of amides is 2. The Kier molecular flexibility index (Phi) is 4.61. The lowest BCUT2D eigenvalue weighted by atomic mass is 10.00. The van der Waals surface area contributed by atoms with Crippen molar-refractivity contribution in [1.29, 1.82) is 0 Å². The van der Waals surface area contributed by atoms with Crippen molar-refractivity contribution in [2.24, 2.45) is 0 Å². The Morgan fingerprint density at radius 1 is 1.12 bits per heavy atom. The molecule has 134 valence electrons. The number of anilines is 1. The predicted molar refractivity (Wildman–Crippen MR) is 92.6 cm³/mol. The van der Waals surface area contributed by atoms with Crippen molar-refractivity contribution >= 4 is 17.5 Å². The molecule has 4 rings (SSSR count). The SMILES string of the molecule is O=C(Nc1ccc2c(c1)CCO2)C1CCCCN1C(=O)C1CCCO1. The van der Waals surface area contributed by atoms with Crippen molar-refractivity contribution in [2.75, 3.05) is 25.1 Å². The topological polar surface area (TPSA) is 67.9 Å². The number of rotatable bonds is 3. The number of nitrogens with zero attached hydrogens (tertiary/aromatic N) is 1. The summed E-state index contributed by atoms with van der Waals surface area (Å²) in [5, 5.41) is 2.99. The first kappa shape index (κ1) is 16.4. The van der Waals surface area contributed by atoms with Gasteiger partial charge in [-0.15, -0.1) is 0 Å². The Balaban J connectivity index is 1.46. The molecule has 2 amide bonds. The largest absolute Gasteiger partial charge is 0.493 e. The van der Waals surface area contributed by atoms with E-state index in [0.29, 0.717) is 26.2 Å². The summed E-state index contributed by atoms with van der Waals surface area (Å²) in [4.78, 5) is 27.3. The molecule has 0 aliphatic carbocycles. The highest BCUT2D eigenvalue weighted by atomic mass is 16.5. The average molecular weight is 344 g/mol. The summed E-state index contributed by atoms with van der Waals surface area (Å²) >= 11 is 0. The molecule has 0 radical (unpaired) electrons. The second-order valence-corrected chi connectivity index (χ2v) is 6.96. The zero-order chi connectivity index (χ0) is 17.2. The lowest BCUT2D eigenvalue weighted by Crippen LogP contribution is -2.52. The Morgan fingerprint density at radius 2 is 2.04 bits per heavy atom. The van der Waals surface area contributed by atoms with Crippen molar-refractivity contribution in [3.8, 4) is 5.75 Å². The van der Waals surface area contributed by atoms with Crippen molar-refractivity contribution in [3.63, 3.8) is 0 Å². The number of fused-ring (bicyclic) bond motifs is 1. The Morgan fingerprint density at radius 3 is 2.88 bits per heavy atom. The fraction of sp³-hybridized carbons (Fsp3) is 0.579. The Hall–Kier alpha value is -2.08. The first-order valence-corrected chi connectivity index (χ1v) is 9.21. The fourth-order valence-corrected chi connectivity index (χ4v) is 3.92. The van der Waals surface area contributed by atoms with Crippen molar-refractivity contribution in [3.05, 3.63) is 23.8 Å². The van der Waals surface area contributed by atoms with Crippen molar-refractivity contribution < 1.29 is 19.1 Å². The van der Waals surface area contributed by atoms with E-state index in [1.54, 1.807) is 4.90 Å². The Labute approximate surface area is 147 Å². The van der Waals surface area contributed by atoms with E-state index in [4.69, 9.17) is 9.47 Å². The van der Waals surface area contributed by atoms with Crippen LogP contribution in [0.15, 0.2) is 18.2 Å². The molecule has 3 aliphatic rings. The van der Waals surface area contributed by atoms with Gasteiger partial charge in [0.15, 0.2) is 0 Å². The summed E-state index contributed by atoms with van der Waals surface area (Å²) in [5.41, 5.74) is 1.89. The molecule has 1 aromatic rings. The molecule has 2 unspecified atom stereocenters. The van der Waals surface area contributed by atoms with E-state index in [-0.39, 0.29) is 17.9 Å². The maximum atomic E-state index is 12.8. The third-order valence-corrected chi connectivity index (χ3v) is 5.25. The van der Waals surface area contributed by atoms with Crippen LogP contribution >= 0.6 is 0 Å². The third kappa shape index (κ3) is 3.35. The zero-order valence-corrected chi connectivity index (χ0v) is 14.3. The van der Waals surface area contributed by atoms with Crippen LogP contribution in [-0.2, 0) is 20.7 Å². The lowest BCUT2D eigenvalue weighted by Gasteiger charge is -2.36. The number of benzene rings is 1. The number of ether oxygens (including phenoxy) is 2. The Bertz CT molecular complexity index is 669.